The van der Waals surface area contributed by atoms with E-state index in [9.17, 15) is 26.0 Å². The van der Waals surface area contributed by atoms with Crippen LogP contribution in [-0.4, -0.2) is 13.9 Å². The number of benzene rings is 3. The Hall–Kier alpha value is -2.61. The summed E-state index contributed by atoms with van der Waals surface area (Å²) in [4.78, 5) is 0. The fourth-order valence-corrected chi connectivity index (χ4v) is 3.07. The molecule has 3 aromatic carbocycles. The van der Waals surface area contributed by atoms with E-state index < -0.39 is 27.2 Å². The zero-order chi connectivity index (χ0) is 19.8. The molecule has 27 heavy (non-hydrogen) atoms. The van der Waals surface area contributed by atoms with Gasteiger partial charge in [-0.05, 0) is 52.1 Å². The number of rotatable bonds is 4. The molecule has 0 amide bonds. The lowest BCUT2D eigenvalue weighted by atomic mass is 9.99. The van der Waals surface area contributed by atoms with Gasteiger partial charge in [-0.25, -0.2) is 4.39 Å². The van der Waals surface area contributed by atoms with Gasteiger partial charge in [-0.1, -0.05) is 43.3 Å². The maximum absolute atomic E-state index is 14.1. The van der Waals surface area contributed by atoms with Crippen LogP contribution in [0.3, 0.4) is 0 Å². The molecular weight excluding hydrogens is 384 g/mol. The Morgan fingerprint density at radius 1 is 0.889 bits per heavy atom. The van der Waals surface area contributed by atoms with Crippen LogP contribution >= 0.6 is 0 Å². The molecule has 142 valence electrons. The Balaban J connectivity index is 1.95. The minimum absolute atomic E-state index is 0.380. The zero-order valence-corrected chi connectivity index (χ0v) is 14.9. The lowest BCUT2D eigenvalue weighted by molar-refractivity contribution is -0.0500. The molecule has 0 saturated heterocycles. The van der Waals surface area contributed by atoms with Gasteiger partial charge < -0.3 is 4.18 Å². The van der Waals surface area contributed by atoms with Crippen LogP contribution in [0.2, 0.25) is 0 Å². The third-order valence-electron chi connectivity index (χ3n) is 4.06. The fourth-order valence-electron chi connectivity index (χ4n) is 2.61. The standard InChI is InChI=1S/C19H14F4O3S/c1-2-12-3-4-14-10-15(6-5-13(14)9-12)16-7-8-18(17(20)11-16)26-27(24,25)19(21,22)23/h3-11H,2H2,1H3. The van der Waals surface area contributed by atoms with Gasteiger partial charge in [-0.15, -0.1) is 0 Å². The predicted octanol–water partition coefficient (Wildman–Crippen LogP) is 5.44. The van der Waals surface area contributed by atoms with Crippen LogP contribution < -0.4 is 4.18 Å². The molecule has 3 aromatic rings. The smallest absolute Gasteiger partial charge is 0.373 e. The minimum atomic E-state index is -5.93. The molecule has 0 fully saturated rings. The minimum Gasteiger partial charge on any atom is -0.373 e. The average molecular weight is 398 g/mol. The van der Waals surface area contributed by atoms with Crippen molar-refractivity contribution in [3.63, 3.8) is 0 Å². The molecular formula is C19H14F4O3S. The first kappa shape index (κ1) is 19.2. The summed E-state index contributed by atoms with van der Waals surface area (Å²) < 4.78 is 77.1. The van der Waals surface area contributed by atoms with Gasteiger partial charge in [0.1, 0.15) is 0 Å². The van der Waals surface area contributed by atoms with Gasteiger partial charge in [0.15, 0.2) is 11.6 Å². The van der Waals surface area contributed by atoms with Gasteiger partial charge in [-0.3, -0.25) is 0 Å². The summed E-state index contributed by atoms with van der Waals surface area (Å²) in [5, 5.41) is 1.93. The highest BCUT2D eigenvalue weighted by atomic mass is 32.2. The highest BCUT2D eigenvalue weighted by Crippen LogP contribution is 2.32. The molecule has 0 saturated carbocycles. The Morgan fingerprint density at radius 3 is 2.11 bits per heavy atom. The van der Waals surface area contributed by atoms with Crippen molar-refractivity contribution >= 4 is 20.9 Å². The molecule has 3 rings (SSSR count). The van der Waals surface area contributed by atoms with Gasteiger partial charge in [0.05, 0.1) is 0 Å². The van der Waals surface area contributed by atoms with Gasteiger partial charge in [0.25, 0.3) is 0 Å². The van der Waals surface area contributed by atoms with E-state index in [2.05, 4.69) is 4.18 Å². The highest BCUT2D eigenvalue weighted by Gasteiger charge is 2.48. The van der Waals surface area contributed by atoms with E-state index >= 15 is 0 Å². The van der Waals surface area contributed by atoms with E-state index in [1.807, 2.05) is 37.3 Å². The van der Waals surface area contributed by atoms with Crippen LogP contribution in [-0.2, 0) is 16.5 Å². The monoisotopic (exact) mass is 398 g/mol. The Bertz CT molecular complexity index is 1110. The van der Waals surface area contributed by atoms with E-state index in [-0.39, 0.29) is 0 Å². The molecule has 0 radical (unpaired) electrons. The topological polar surface area (TPSA) is 43.4 Å². The fraction of sp³-hybridized carbons (Fsp3) is 0.158. The third-order valence-corrected chi connectivity index (χ3v) is 5.03. The van der Waals surface area contributed by atoms with Crippen LogP contribution in [0.1, 0.15) is 12.5 Å². The summed E-state index contributed by atoms with van der Waals surface area (Å²) >= 11 is 0. The van der Waals surface area contributed by atoms with Gasteiger partial charge in [0, 0.05) is 0 Å². The molecule has 0 unspecified atom stereocenters. The number of alkyl halides is 3. The molecule has 0 N–H and O–H groups in total. The van der Waals surface area contributed by atoms with E-state index in [0.717, 1.165) is 29.3 Å². The zero-order valence-electron chi connectivity index (χ0n) is 14.0. The van der Waals surface area contributed by atoms with Crippen LogP contribution in [0.15, 0.2) is 54.6 Å². The average Bonchev–Trinajstić information content (AvgIpc) is 2.61. The van der Waals surface area contributed by atoms with Crippen molar-refractivity contribution in [3.05, 3.63) is 66.0 Å². The molecule has 0 heterocycles. The first-order chi connectivity index (χ1) is 12.6. The van der Waals surface area contributed by atoms with E-state index in [1.54, 1.807) is 6.07 Å². The lowest BCUT2D eigenvalue weighted by Gasteiger charge is -2.11. The molecule has 8 heteroatoms. The Kier molecular flexibility index (Phi) is 4.86. The molecule has 0 aliphatic rings. The van der Waals surface area contributed by atoms with E-state index in [0.29, 0.717) is 11.1 Å². The van der Waals surface area contributed by atoms with Gasteiger partial charge >= 0.3 is 15.6 Å². The second kappa shape index (κ2) is 6.84. The number of aryl methyl sites for hydroxylation is 1. The first-order valence-electron chi connectivity index (χ1n) is 7.94. The van der Waals surface area contributed by atoms with Gasteiger partial charge in [0.2, 0.25) is 0 Å². The van der Waals surface area contributed by atoms with Crippen molar-refractivity contribution in [2.75, 3.05) is 0 Å². The Labute approximate surface area is 153 Å². The molecule has 0 atom stereocenters. The molecule has 0 aromatic heterocycles. The quantitative estimate of drug-likeness (QED) is 0.334. The SMILES string of the molecule is CCc1ccc2cc(-c3ccc(OS(=O)(=O)C(F)(F)F)c(F)c3)ccc2c1. The van der Waals surface area contributed by atoms with Gasteiger partial charge in [-0.2, -0.15) is 21.6 Å². The van der Waals surface area contributed by atoms with E-state index in [4.69, 9.17) is 0 Å². The summed E-state index contributed by atoms with van der Waals surface area (Å²) in [6.45, 7) is 2.04. The van der Waals surface area contributed by atoms with Crippen LogP contribution in [0.5, 0.6) is 5.75 Å². The van der Waals surface area contributed by atoms with Crippen molar-refractivity contribution in [1.82, 2.24) is 0 Å². The van der Waals surface area contributed by atoms with Crippen molar-refractivity contribution in [2.45, 2.75) is 18.9 Å². The number of halogens is 4. The first-order valence-corrected chi connectivity index (χ1v) is 9.35. The van der Waals surface area contributed by atoms with Crippen molar-refractivity contribution in [3.8, 4) is 16.9 Å². The number of hydrogen-bond donors (Lipinski definition) is 0. The Morgan fingerprint density at radius 2 is 1.48 bits per heavy atom. The van der Waals surface area contributed by atoms with Crippen LogP contribution in [0, 0.1) is 5.82 Å². The second-order valence-electron chi connectivity index (χ2n) is 5.88. The maximum atomic E-state index is 14.1. The molecule has 3 nitrogen and oxygen atoms in total. The summed E-state index contributed by atoms with van der Waals surface area (Å²) in [5.41, 5.74) is -3.44. The van der Waals surface area contributed by atoms with Crippen molar-refractivity contribution in [2.24, 2.45) is 0 Å². The summed E-state index contributed by atoms with van der Waals surface area (Å²) in [7, 11) is -5.93. The lowest BCUT2D eigenvalue weighted by Crippen LogP contribution is -2.28. The maximum Gasteiger partial charge on any atom is 0.534 e. The second-order valence-corrected chi connectivity index (χ2v) is 7.42. The molecule has 0 aliphatic carbocycles. The molecule has 0 bridgehead atoms. The predicted molar refractivity (Wildman–Crippen MR) is 94.3 cm³/mol. The van der Waals surface area contributed by atoms with Crippen molar-refractivity contribution in [1.29, 1.82) is 0 Å². The summed E-state index contributed by atoms with van der Waals surface area (Å²) in [5.74, 6) is -2.22. The third kappa shape index (κ3) is 3.90. The molecule has 0 spiro atoms. The summed E-state index contributed by atoms with van der Waals surface area (Å²) in [6, 6.07) is 14.5. The van der Waals surface area contributed by atoms with Crippen LogP contribution in [0.25, 0.3) is 21.9 Å². The largest absolute Gasteiger partial charge is 0.534 e. The van der Waals surface area contributed by atoms with Crippen molar-refractivity contribution < 1.29 is 30.2 Å². The van der Waals surface area contributed by atoms with E-state index in [1.165, 1.54) is 11.6 Å². The molecule has 0 aliphatic heterocycles. The number of hydrogen-bond acceptors (Lipinski definition) is 3. The highest BCUT2D eigenvalue weighted by molar-refractivity contribution is 7.88. The number of fused-ring (bicyclic) bond motifs is 1. The van der Waals surface area contributed by atoms with Crippen LogP contribution in [0.4, 0.5) is 17.6 Å². The normalized spacial score (nSPS) is 12.3. The summed E-state index contributed by atoms with van der Waals surface area (Å²) in [6.07, 6.45) is 0.894.